The van der Waals surface area contributed by atoms with E-state index < -0.39 is 0 Å². The second kappa shape index (κ2) is 6.87. The summed E-state index contributed by atoms with van der Waals surface area (Å²) in [7, 11) is 4.14. The van der Waals surface area contributed by atoms with Gasteiger partial charge in [-0.3, -0.25) is 0 Å². The summed E-state index contributed by atoms with van der Waals surface area (Å²) in [5.74, 6) is 0. The first-order chi connectivity index (χ1) is 8.58. The van der Waals surface area contributed by atoms with Gasteiger partial charge in [-0.05, 0) is 52.2 Å². The maximum atomic E-state index is 9.16. The van der Waals surface area contributed by atoms with Crippen LogP contribution in [-0.2, 0) is 0 Å². The van der Waals surface area contributed by atoms with Crippen LogP contribution in [0.3, 0.4) is 0 Å². The Hall–Kier alpha value is -1.73. The number of nitriles is 1. The third-order valence-electron chi connectivity index (χ3n) is 2.90. The van der Waals surface area contributed by atoms with Crippen LogP contribution in [-0.4, -0.2) is 38.6 Å². The number of hydrogen-bond donors (Lipinski definition) is 1. The molecule has 0 amide bonds. The average Bonchev–Trinajstić information content (AvgIpc) is 2.34. The number of nitrogens with two attached hydrogens (primary N) is 1. The number of hydrogen-bond acceptors (Lipinski definition) is 4. The lowest BCUT2D eigenvalue weighted by molar-refractivity contribution is 0.400. The Bertz CT molecular complexity index is 420. The first-order valence-corrected chi connectivity index (χ1v) is 6.27. The standard InChI is InChI=1S/C14H22N4/c1-4-18(9-5-8-17(2)3)14-7-6-13(16)10-12(14)11-15/h6-7,10H,4-5,8-9,16H2,1-3H3. The van der Waals surface area contributed by atoms with Crippen LogP contribution in [0.4, 0.5) is 11.4 Å². The summed E-state index contributed by atoms with van der Waals surface area (Å²) in [4.78, 5) is 4.39. The predicted molar refractivity (Wildman–Crippen MR) is 76.6 cm³/mol. The molecule has 0 spiro atoms. The highest BCUT2D eigenvalue weighted by molar-refractivity contribution is 5.64. The molecule has 1 aromatic rings. The van der Waals surface area contributed by atoms with Crippen LogP contribution >= 0.6 is 0 Å². The Morgan fingerprint density at radius 3 is 2.56 bits per heavy atom. The number of rotatable bonds is 6. The van der Waals surface area contributed by atoms with Gasteiger partial charge in [-0.15, -0.1) is 0 Å². The van der Waals surface area contributed by atoms with Gasteiger partial charge >= 0.3 is 0 Å². The molecule has 0 aliphatic heterocycles. The van der Waals surface area contributed by atoms with Crippen molar-refractivity contribution in [2.45, 2.75) is 13.3 Å². The quantitative estimate of drug-likeness (QED) is 0.779. The Morgan fingerprint density at radius 1 is 1.28 bits per heavy atom. The number of anilines is 2. The van der Waals surface area contributed by atoms with Crippen LogP contribution in [0.15, 0.2) is 18.2 Å². The first kappa shape index (κ1) is 14.3. The summed E-state index contributed by atoms with van der Waals surface area (Å²) in [6, 6.07) is 7.75. The van der Waals surface area contributed by atoms with Gasteiger partial charge in [-0.1, -0.05) is 0 Å². The van der Waals surface area contributed by atoms with E-state index in [9.17, 15) is 0 Å². The van der Waals surface area contributed by atoms with Crippen molar-refractivity contribution in [2.24, 2.45) is 0 Å². The zero-order valence-corrected chi connectivity index (χ0v) is 11.5. The van der Waals surface area contributed by atoms with Crippen LogP contribution in [0.25, 0.3) is 0 Å². The van der Waals surface area contributed by atoms with Crippen molar-refractivity contribution in [3.05, 3.63) is 23.8 Å². The lowest BCUT2D eigenvalue weighted by Crippen LogP contribution is -2.27. The molecule has 4 nitrogen and oxygen atoms in total. The van der Waals surface area contributed by atoms with Crippen molar-refractivity contribution in [3.63, 3.8) is 0 Å². The fourth-order valence-corrected chi connectivity index (χ4v) is 1.95. The van der Waals surface area contributed by atoms with Gasteiger partial charge in [0, 0.05) is 18.8 Å². The van der Waals surface area contributed by atoms with Crippen LogP contribution in [0, 0.1) is 11.3 Å². The average molecular weight is 246 g/mol. The van der Waals surface area contributed by atoms with Gasteiger partial charge in [0.2, 0.25) is 0 Å². The predicted octanol–water partition coefficient (Wildman–Crippen LogP) is 1.92. The van der Waals surface area contributed by atoms with E-state index in [1.54, 1.807) is 6.07 Å². The molecule has 98 valence electrons. The molecule has 2 N–H and O–H groups in total. The summed E-state index contributed by atoms with van der Waals surface area (Å²) in [5.41, 5.74) is 7.98. The Labute approximate surface area is 110 Å². The molecule has 1 aromatic carbocycles. The largest absolute Gasteiger partial charge is 0.399 e. The van der Waals surface area contributed by atoms with Gasteiger partial charge < -0.3 is 15.5 Å². The number of nitrogens with zero attached hydrogens (tertiary/aromatic N) is 3. The monoisotopic (exact) mass is 246 g/mol. The van der Waals surface area contributed by atoms with Crippen LogP contribution in [0.5, 0.6) is 0 Å². The molecule has 0 fully saturated rings. The lowest BCUT2D eigenvalue weighted by atomic mass is 10.1. The van der Waals surface area contributed by atoms with E-state index >= 15 is 0 Å². The van der Waals surface area contributed by atoms with Crippen LogP contribution < -0.4 is 10.6 Å². The van der Waals surface area contributed by atoms with E-state index in [-0.39, 0.29) is 0 Å². The second-order valence-corrected chi connectivity index (χ2v) is 4.62. The van der Waals surface area contributed by atoms with E-state index in [1.807, 2.05) is 12.1 Å². The van der Waals surface area contributed by atoms with Crippen molar-refractivity contribution < 1.29 is 0 Å². The fourth-order valence-electron chi connectivity index (χ4n) is 1.95. The third kappa shape index (κ3) is 3.94. The van der Waals surface area contributed by atoms with Crippen molar-refractivity contribution >= 4 is 11.4 Å². The molecule has 0 unspecified atom stereocenters. The molecule has 0 saturated heterocycles. The SMILES string of the molecule is CCN(CCCN(C)C)c1ccc(N)cc1C#N. The molecule has 1 rings (SSSR count). The van der Waals surface area contributed by atoms with Gasteiger partial charge in [-0.2, -0.15) is 5.26 Å². The van der Waals surface area contributed by atoms with Crippen molar-refractivity contribution in [1.29, 1.82) is 5.26 Å². The highest BCUT2D eigenvalue weighted by Crippen LogP contribution is 2.22. The number of benzene rings is 1. The van der Waals surface area contributed by atoms with Crippen molar-refractivity contribution in [2.75, 3.05) is 44.4 Å². The molecule has 0 heterocycles. The molecule has 0 saturated carbocycles. The molecule has 4 heteroatoms. The van der Waals surface area contributed by atoms with E-state index in [4.69, 9.17) is 11.0 Å². The summed E-state index contributed by atoms with van der Waals surface area (Å²) >= 11 is 0. The molecule has 0 atom stereocenters. The summed E-state index contributed by atoms with van der Waals surface area (Å²) in [5, 5.41) is 9.16. The zero-order chi connectivity index (χ0) is 13.5. The van der Waals surface area contributed by atoms with Gasteiger partial charge in [0.15, 0.2) is 0 Å². The Balaban J connectivity index is 2.79. The molecule has 0 aliphatic carbocycles. The molecule has 18 heavy (non-hydrogen) atoms. The van der Waals surface area contributed by atoms with Crippen LogP contribution in [0.1, 0.15) is 18.9 Å². The minimum absolute atomic E-state index is 0.639. The maximum Gasteiger partial charge on any atom is 0.101 e. The topological polar surface area (TPSA) is 56.3 Å². The van der Waals surface area contributed by atoms with E-state index in [0.29, 0.717) is 11.3 Å². The zero-order valence-electron chi connectivity index (χ0n) is 11.5. The first-order valence-electron chi connectivity index (χ1n) is 6.27. The highest BCUT2D eigenvalue weighted by Gasteiger charge is 2.09. The van der Waals surface area contributed by atoms with E-state index in [0.717, 1.165) is 31.7 Å². The third-order valence-corrected chi connectivity index (χ3v) is 2.90. The molecular weight excluding hydrogens is 224 g/mol. The molecular formula is C14H22N4. The van der Waals surface area contributed by atoms with Crippen LogP contribution in [0.2, 0.25) is 0 Å². The normalized spacial score (nSPS) is 10.4. The molecule has 0 aliphatic rings. The van der Waals surface area contributed by atoms with Crippen molar-refractivity contribution in [3.8, 4) is 6.07 Å². The van der Waals surface area contributed by atoms with E-state index in [1.165, 1.54) is 0 Å². The lowest BCUT2D eigenvalue weighted by Gasteiger charge is -2.25. The number of nitrogen functional groups attached to an aromatic ring is 1. The maximum absolute atomic E-state index is 9.16. The summed E-state index contributed by atoms with van der Waals surface area (Å²) in [6.07, 6.45) is 1.08. The Morgan fingerprint density at radius 2 is 2.00 bits per heavy atom. The van der Waals surface area contributed by atoms with E-state index in [2.05, 4.69) is 36.9 Å². The smallest absolute Gasteiger partial charge is 0.101 e. The van der Waals surface area contributed by atoms with Gasteiger partial charge in [0.1, 0.15) is 6.07 Å². The molecule has 0 radical (unpaired) electrons. The van der Waals surface area contributed by atoms with Gasteiger partial charge in [0.25, 0.3) is 0 Å². The Kier molecular flexibility index (Phi) is 5.47. The second-order valence-electron chi connectivity index (χ2n) is 4.62. The summed E-state index contributed by atoms with van der Waals surface area (Å²) in [6.45, 7) is 5.00. The van der Waals surface area contributed by atoms with Gasteiger partial charge in [-0.25, -0.2) is 0 Å². The molecule has 0 aromatic heterocycles. The minimum atomic E-state index is 0.639. The van der Waals surface area contributed by atoms with Gasteiger partial charge in [0.05, 0.1) is 11.3 Å². The summed E-state index contributed by atoms with van der Waals surface area (Å²) < 4.78 is 0. The molecule has 0 bridgehead atoms. The van der Waals surface area contributed by atoms with Crippen molar-refractivity contribution in [1.82, 2.24) is 4.90 Å². The highest BCUT2D eigenvalue weighted by atomic mass is 15.1. The minimum Gasteiger partial charge on any atom is -0.399 e. The fraction of sp³-hybridized carbons (Fsp3) is 0.500.